The van der Waals surface area contributed by atoms with Crippen LogP contribution in [0.5, 0.6) is 0 Å². The van der Waals surface area contributed by atoms with E-state index < -0.39 is 5.54 Å². The van der Waals surface area contributed by atoms with Crippen LogP contribution in [0.15, 0.2) is 24.4 Å². The van der Waals surface area contributed by atoms with Crippen molar-refractivity contribution in [1.82, 2.24) is 15.6 Å². The highest BCUT2D eigenvalue weighted by Crippen LogP contribution is 2.26. The summed E-state index contributed by atoms with van der Waals surface area (Å²) in [6.07, 6.45) is 1.55. The van der Waals surface area contributed by atoms with Crippen LogP contribution in [0.3, 0.4) is 0 Å². The van der Waals surface area contributed by atoms with Crippen molar-refractivity contribution in [2.24, 2.45) is 5.92 Å². The summed E-state index contributed by atoms with van der Waals surface area (Å²) in [5.41, 5.74) is 0.336. The van der Waals surface area contributed by atoms with Crippen LogP contribution in [0.1, 0.15) is 32.6 Å². The van der Waals surface area contributed by atoms with Crippen molar-refractivity contribution in [2.75, 3.05) is 0 Å². The van der Waals surface area contributed by atoms with Crippen molar-refractivity contribution in [3.05, 3.63) is 30.1 Å². The molecule has 4 nitrogen and oxygen atoms in total. The fourth-order valence-corrected chi connectivity index (χ4v) is 1.81. The third-order valence-corrected chi connectivity index (χ3v) is 3.33. The van der Waals surface area contributed by atoms with Crippen LogP contribution in [0, 0.1) is 5.92 Å². The predicted octanol–water partition coefficient (Wildman–Crippen LogP) is 1.21. The maximum atomic E-state index is 11.9. The van der Waals surface area contributed by atoms with Crippen molar-refractivity contribution < 1.29 is 4.79 Å². The van der Waals surface area contributed by atoms with Gasteiger partial charge in [0.25, 0.3) is 0 Å². The quantitative estimate of drug-likeness (QED) is 0.786. The highest BCUT2D eigenvalue weighted by molar-refractivity contribution is 5.88. The van der Waals surface area contributed by atoms with E-state index in [0.717, 1.165) is 5.69 Å². The number of aromatic nitrogens is 1. The van der Waals surface area contributed by atoms with Crippen LogP contribution in [0.25, 0.3) is 0 Å². The summed E-state index contributed by atoms with van der Waals surface area (Å²) in [6, 6.07) is 5.69. The number of hydrogen-bond donors (Lipinski definition) is 2. The number of nitrogens with one attached hydrogen (secondary N) is 2. The number of carbonyl (C=O) groups is 1. The Bertz CT molecular complexity index is 391. The highest BCUT2D eigenvalue weighted by Gasteiger charge is 2.45. The summed E-state index contributed by atoms with van der Waals surface area (Å²) in [6.45, 7) is 6.00. The summed E-state index contributed by atoms with van der Waals surface area (Å²) in [4.78, 5) is 16.2. The molecule has 1 aromatic heterocycles. The number of hydrogen-bond acceptors (Lipinski definition) is 3. The van der Waals surface area contributed by atoms with Gasteiger partial charge in [0.2, 0.25) is 5.91 Å². The highest BCUT2D eigenvalue weighted by atomic mass is 16.2. The second-order valence-electron chi connectivity index (χ2n) is 4.66. The van der Waals surface area contributed by atoms with E-state index in [1.54, 1.807) is 6.20 Å². The summed E-state index contributed by atoms with van der Waals surface area (Å²) in [7, 11) is 0. The average molecular weight is 219 g/mol. The molecule has 0 aliphatic carbocycles. The molecule has 0 aromatic carbocycles. The molecule has 1 amide bonds. The third kappa shape index (κ3) is 1.69. The second-order valence-corrected chi connectivity index (χ2v) is 4.66. The van der Waals surface area contributed by atoms with Gasteiger partial charge in [0, 0.05) is 6.20 Å². The Labute approximate surface area is 95.5 Å². The van der Waals surface area contributed by atoms with Gasteiger partial charge in [-0.2, -0.15) is 0 Å². The molecule has 1 aliphatic heterocycles. The van der Waals surface area contributed by atoms with Crippen LogP contribution >= 0.6 is 0 Å². The first-order chi connectivity index (χ1) is 7.54. The largest absolute Gasteiger partial charge is 0.334 e. The zero-order chi connectivity index (χ0) is 11.8. The molecular weight excluding hydrogens is 202 g/mol. The van der Waals surface area contributed by atoms with Gasteiger partial charge < -0.3 is 5.32 Å². The molecule has 2 atom stereocenters. The normalized spacial score (nSPS) is 29.5. The van der Waals surface area contributed by atoms with E-state index in [4.69, 9.17) is 0 Å². The van der Waals surface area contributed by atoms with Crippen molar-refractivity contribution in [3.63, 3.8) is 0 Å². The molecule has 0 spiro atoms. The molecule has 16 heavy (non-hydrogen) atoms. The minimum absolute atomic E-state index is 0.0400. The van der Waals surface area contributed by atoms with Gasteiger partial charge >= 0.3 is 0 Å². The lowest BCUT2D eigenvalue weighted by atomic mass is 9.89. The molecule has 4 heteroatoms. The van der Waals surface area contributed by atoms with Crippen molar-refractivity contribution in [2.45, 2.75) is 32.5 Å². The lowest BCUT2D eigenvalue weighted by Gasteiger charge is -2.26. The van der Waals surface area contributed by atoms with Crippen molar-refractivity contribution >= 4 is 5.91 Å². The Morgan fingerprint density at radius 2 is 2.19 bits per heavy atom. The lowest BCUT2D eigenvalue weighted by Crippen LogP contribution is -2.48. The van der Waals surface area contributed by atoms with Gasteiger partial charge in [0.15, 0.2) is 0 Å². The van der Waals surface area contributed by atoms with Crippen molar-refractivity contribution in [3.8, 4) is 0 Å². The first-order valence-electron chi connectivity index (χ1n) is 5.53. The fourth-order valence-electron chi connectivity index (χ4n) is 1.81. The number of nitrogens with zero attached hydrogens (tertiary/aromatic N) is 1. The molecule has 2 N–H and O–H groups in total. The summed E-state index contributed by atoms with van der Waals surface area (Å²) >= 11 is 0. The molecule has 0 saturated carbocycles. The first kappa shape index (κ1) is 11.1. The minimum atomic E-state index is -0.512. The standard InChI is InChI=1S/C12H17N3O/c1-8(2)12(3)11(16)14-10(15-12)9-6-4-5-7-13-9/h4-8,10,15H,1-3H3,(H,14,16). The Hall–Kier alpha value is -1.42. The molecule has 86 valence electrons. The number of carbonyl (C=O) groups excluding carboxylic acids is 1. The molecule has 1 aromatic rings. The van der Waals surface area contributed by atoms with E-state index in [-0.39, 0.29) is 18.0 Å². The molecule has 0 radical (unpaired) electrons. The molecule has 2 rings (SSSR count). The van der Waals surface area contributed by atoms with Crippen LogP contribution in [-0.2, 0) is 4.79 Å². The van der Waals surface area contributed by atoms with Crippen LogP contribution in [-0.4, -0.2) is 16.4 Å². The topological polar surface area (TPSA) is 54.0 Å². The summed E-state index contributed by atoms with van der Waals surface area (Å²) in [5.74, 6) is 0.277. The zero-order valence-electron chi connectivity index (χ0n) is 9.82. The van der Waals surface area contributed by atoms with Gasteiger partial charge in [-0.15, -0.1) is 0 Å². The third-order valence-electron chi connectivity index (χ3n) is 3.33. The monoisotopic (exact) mass is 219 g/mol. The first-order valence-corrected chi connectivity index (χ1v) is 5.53. The minimum Gasteiger partial charge on any atom is -0.334 e. The second kappa shape index (κ2) is 3.87. The van der Waals surface area contributed by atoms with Gasteiger partial charge in [-0.05, 0) is 25.0 Å². The maximum absolute atomic E-state index is 11.9. The maximum Gasteiger partial charge on any atom is 0.241 e. The molecule has 0 bridgehead atoms. The average Bonchev–Trinajstić information content (AvgIpc) is 2.58. The number of pyridine rings is 1. The fraction of sp³-hybridized carbons (Fsp3) is 0.500. The Morgan fingerprint density at radius 1 is 1.44 bits per heavy atom. The predicted molar refractivity (Wildman–Crippen MR) is 61.5 cm³/mol. The van der Waals surface area contributed by atoms with E-state index in [1.807, 2.05) is 39.0 Å². The Morgan fingerprint density at radius 3 is 2.69 bits per heavy atom. The van der Waals surface area contributed by atoms with Gasteiger partial charge in [-0.1, -0.05) is 19.9 Å². The molecule has 2 heterocycles. The van der Waals surface area contributed by atoms with Crippen LogP contribution < -0.4 is 10.6 Å². The van der Waals surface area contributed by atoms with Gasteiger partial charge in [0.1, 0.15) is 6.17 Å². The zero-order valence-corrected chi connectivity index (χ0v) is 9.82. The van der Waals surface area contributed by atoms with E-state index in [9.17, 15) is 4.79 Å². The lowest BCUT2D eigenvalue weighted by molar-refractivity contribution is -0.125. The van der Waals surface area contributed by atoms with E-state index in [2.05, 4.69) is 15.6 Å². The summed E-state index contributed by atoms with van der Waals surface area (Å²) in [5, 5.41) is 6.24. The van der Waals surface area contributed by atoms with E-state index >= 15 is 0 Å². The molecular formula is C12H17N3O. The van der Waals surface area contributed by atoms with Crippen LogP contribution in [0.2, 0.25) is 0 Å². The molecule has 2 unspecified atom stereocenters. The van der Waals surface area contributed by atoms with Crippen LogP contribution in [0.4, 0.5) is 0 Å². The van der Waals surface area contributed by atoms with Gasteiger partial charge in [0.05, 0.1) is 11.2 Å². The number of rotatable bonds is 2. The Balaban J connectivity index is 2.22. The molecule has 1 saturated heterocycles. The SMILES string of the molecule is CC(C)C1(C)NC(c2ccccn2)NC1=O. The smallest absolute Gasteiger partial charge is 0.241 e. The van der Waals surface area contributed by atoms with Gasteiger partial charge in [-0.25, -0.2) is 0 Å². The molecule has 1 fully saturated rings. The van der Waals surface area contributed by atoms with E-state index in [1.165, 1.54) is 0 Å². The Kier molecular flexibility index (Phi) is 2.68. The van der Waals surface area contributed by atoms with Gasteiger partial charge in [-0.3, -0.25) is 15.1 Å². The molecule has 1 aliphatic rings. The number of amides is 1. The van der Waals surface area contributed by atoms with Crippen molar-refractivity contribution in [1.29, 1.82) is 0 Å². The van der Waals surface area contributed by atoms with E-state index in [0.29, 0.717) is 0 Å². The summed E-state index contributed by atoms with van der Waals surface area (Å²) < 4.78 is 0.